The Morgan fingerprint density at radius 3 is 2.21 bits per heavy atom. The summed E-state index contributed by atoms with van der Waals surface area (Å²) in [7, 11) is 1.75. The van der Waals surface area contributed by atoms with Gasteiger partial charge in [0.2, 0.25) is 0 Å². The molecule has 0 fully saturated rings. The molecule has 0 aromatic carbocycles. The van der Waals surface area contributed by atoms with E-state index in [2.05, 4.69) is 18.0 Å². The number of nitrogens with zero attached hydrogens (tertiary/aromatic N) is 2. The fourth-order valence-corrected chi connectivity index (χ4v) is 4.75. The standard InChI is InChI=1S/C25H42N2O5S/c1-3-4-5-6-7-8-9-10-11-12-13-14-15-22(21(28)16-17-23(29)30)33-25-26-19-20(27(25)2)18-24(31)32/h14-15,19,21-22,28H,3-13,16-18H2,1-2H3,(H,29,30)(H,31,32)/b15-14-. The number of carboxylic acid groups (broad SMARTS) is 2. The highest BCUT2D eigenvalue weighted by Gasteiger charge is 2.22. The SMILES string of the molecule is CCCCCCCCCCCC/C=C\C(Sc1ncc(CC(=O)O)n1C)C(O)CCC(=O)O. The molecule has 0 bridgehead atoms. The number of thioether (sulfide) groups is 1. The summed E-state index contributed by atoms with van der Waals surface area (Å²) in [5.74, 6) is -1.86. The number of imidazole rings is 1. The van der Waals surface area contributed by atoms with Gasteiger partial charge in [-0.3, -0.25) is 9.59 Å². The van der Waals surface area contributed by atoms with Crippen LogP contribution < -0.4 is 0 Å². The first-order valence-electron chi connectivity index (χ1n) is 12.3. The van der Waals surface area contributed by atoms with Crippen LogP contribution in [-0.2, 0) is 23.1 Å². The van der Waals surface area contributed by atoms with Crippen molar-refractivity contribution in [2.24, 2.45) is 7.05 Å². The van der Waals surface area contributed by atoms with E-state index in [0.717, 1.165) is 12.8 Å². The van der Waals surface area contributed by atoms with Crippen LogP contribution in [0.25, 0.3) is 0 Å². The van der Waals surface area contributed by atoms with Gasteiger partial charge in [-0.05, 0) is 19.3 Å². The lowest BCUT2D eigenvalue weighted by atomic mass is 10.1. The minimum Gasteiger partial charge on any atom is -0.481 e. The number of carbonyl (C=O) groups is 2. The highest BCUT2D eigenvalue weighted by Crippen LogP contribution is 2.28. The van der Waals surface area contributed by atoms with Gasteiger partial charge < -0.3 is 19.9 Å². The normalized spacial score (nSPS) is 13.4. The maximum Gasteiger partial charge on any atom is 0.309 e. The number of aliphatic hydroxyl groups is 1. The maximum atomic E-state index is 11.0. The quantitative estimate of drug-likeness (QED) is 0.126. The molecule has 2 atom stereocenters. The summed E-state index contributed by atoms with van der Waals surface area (Å²) >= 11 is 1.34. The highest BCUT2D eigenvalue weighted by molar-refractivity contribution is 8.00. The Morgan fingerprint density at radius 1 is 1.03 bits per heavy atom. The smallest absolute Gasteiger partial charge is 0.309 e. The molecule has 1 aromatic heterocycles. The lowest BCUT2D eigenvalue weighted by molar-refractivity contribution is -0.138. The molecule has 188 valence electrons. The first-order valence-corrected chi connectivity index (χ1v) is 13.2. The second-order valence-electron chi connectivity index (χ2n) is 8.64. The molecule has 0 aliphatic rings. The predicted octanol–water partition coefficient (Wildman–Crippen LogP) is 5.60. The van der Waals surface area contributed by atoms with Crippen LogP contribution in [0, 0.1) is 0 Å². The van der Waals surface area contributed by atoms with E-state index in [1.54, 1.807) is 11.6 Å². The molecule has 1 aromatic rings. The van der Waals surface area contributed by atoms with Crippen LogP contribution in [-0.4, -0.2) is 48.2 Å². The van der Waals surface area contributed by atoms with E-state index < -0.39 is 18.0 Å². The van der Waals surface area contributed by atoms with Gasteiger partial charge in [0, 0.05) is 25.4 Å². The Balaban J connectivity index is 2.48. The average Bonchev–Trinajstić information content (AvgIpc) is 3.10. The van der Waals surface area contributed by atoms with Gasteiger partial charge in [0.25, 0.3) is 0 Å². The highest BCUT2D eigenvalue weighted by atomic mass is 32.2. The van der Waals surface area contributed by atoms with Gasteiger partial charge in [-0.2, -0.15) is 0 Å². The zero-order chi connectivity index (χ0) is 24.5. The number of rotatable bonds is 20. The minimum atomic E-state index is -0.937. The number of hydrogen-bond donors (Lipinski definition) is 3. The molecule has 0 aliphatic heterocycles. The minimum absolute atomic E-state index is 0.102. The monoisotopic (exact) mass is 482 g/mol. The van der Waals surface area contributed by atoms with Crippen LogP contribution in [0.5, 0.6) is 0 Å². The van der Waals surface area contributed by atoms with Gasteiger partial charge in [0.1, 0.15) is 0 Å². The molecule has 0 amide bonds. The van der Waals surface area contributed by atoms with Crippen molar-refractivity contribution in [3.8, 4) is 0 Å². The summed E-state index contributed by atoms with van der Waals surface area (Å²) in [6, 6.07) is 0. The number of hydrogen-bond acceptors (Lipinski definition) is 5. The Hall–Kier alpha value is -1.80. The topological polar surface area (TPSA) is 113 Å². The van der Waals surface area contributed by atoms with Gasteiger partial charge in [-0.1, -0.05) is 88.6 Å². The molecule has 0 radical (unpaired) electrons. The first-order chi connectivity index (χ1) is 15.8. The van der Waals surface area contributed by atoms with E-state index in [4.69, 9.17) is 10.2 Å². The van der Waals surface area contributed by atoms with E-state index in [0.29, 0.717) is 10.9 Å². The number of aliphatic hydroxyl groups excluding tert-OH is 1. The second-order valence-corrected chi connectivity index (χ2v) is 9.79. The Morgan fingerprint density at radius 2 is 1.64 bits per heavy atom. The molecule has 0 spiro atoms. The molecule has 0 aliphatic carbocycles. The van der Waals surface area contributed by atoms with E-state index in [-0.39, 0.29) is 24.5 Å². The zero-order valence-electron chi connectivity index (χ0n) is 20.2. The van der Waals surface area contributed by atoms with Crippen LogP contribution in [0.4, 0.5) is 0 Å². The number of aromatic nitrogens is 2. The summed E-state index contributed by atoms with van der Waals surface area (Å²) < 4.78 is 1.71. The van der Waals surface area contributed by atoms with Crippen LogP contribution >= 0.6 is 11.8 Å². The predicted molar refractivity (Wildman–Crippen MR) is 133 cm³/mol. The molecule has 7 nitrogen and oxygen atoms in total. The molecular formula is C25H42N2O5S. The van der Waals surface area contributed by atoms with Crippen LogP contribution in [0.2, 0.25) is 0 Å². The van der Waals surface area contributed by atoms with Gasteiger partial charge in [-0.15, -0.1) is 0 Å². The zero-order valence-corrected chi connectivity index (χ0v) is 21.1. The van der Waals surface area contributed by atoms with Crippen LogP contribution in [0.1, 0.15) is 96.1 Å². The van der Waals surface area contributed by atoms with Crippen molar-refractivity contribution >= 4 is 23.7 Å². The van der Waals surface area contributed by atoms with Crippen molar-refractivity contribution in [3.63, 3.8) is 0 Å². The van der Waals surface area contributed by atoms with Crippen molar-refractivity contribution in [1.29, 1.82) is 0 Å². The molecular weight excluding hydrogens is 440 g/mol. The molecule has 33 heavy (non-hydrogen) atoms. The van der Waals surface area contributed by atoms with Crippen LogP contribution in [0.15, 0.2) is 23.5 Å². The van der Waals surface area contributed by atoms with Gasteiger partial charge in [0.05, 0.1) is 17.8 Å². The summed E-state index contributed by atoms with van der Waals surface area (Å²) in [6.07, 6.45) is 18.4. The summed E-state index contributed by atoms with van der Waals surface area (Å²) in [4.78, 5) is 26.2. The summed E-state index contributed by atoms with van der Waals surface area (Å²) in [6.45, 7) is 2.24. The third kappa shape index (κ3) is 13.5. The summed E-state index contributed by atoms with van der Waals surface area (Å²) in [5, 5.41) is 28.8. The third-order valence-electron chi connectivity index (χ3n) is 5.70. The van der Waals surface area contributed by atoms with Gasteiger partial charge >= 0.3 is 11.9 Å². The van der Waals surface area contributed by atoms with Crippen molar-refractivity contribution in [2.45, 2.75) is 113 Å². The van der Waals surface area contributed by atoms with Crippen molar-refractivity contribution in [1.82, 2.24) is 9.55 Å². The Kier molecular flexibility index (Phi) is 15.6. The average molecular weight is 483 g/mol. The molecule has 0 saturated heterocycles. The van der Waals surface area contributed by atoms with Crippen molar-refractivity contribution in [2.75, 3.05) is 0 Å². The molecule has 1 heterocycles. The number of allylic oxidation sites excluding steroid dienone is 1. The van der Waals surface area contributed by atoms with E-state index in [1.807, 2.05) is 6.08 Å². The number of aliphatic carboxylic acids is 2. The fourth-order valence-electron chi connectivity index (χ4n) is 3.64. The van der Waals surface area contributed by atoms with E-state index in [9.17, 15) is 14.7 Å². The van der Waals surface area contributed by atoms with Gasteiger partial charge in [-0.25, -0.2) is 4.98 Å². The lowest BCUT2D eigenvalue weighted by Gasteiger charge is -2.19. The summed E-state index contributed by atoms with van der Waals surface area (Å²) in [5.41, 5.74) is 0.582. The van der Waals surface area contributed by atoms with Gasteiger partial charge in [0.15, 0.2) is 5.16 Å². The molecule has 2 unspecified atom stereocenters. The Bertz CT molecular complexity index is 720. The Labute approximate surface area is 202 Å². The number of carboxylic acids is 2. The van der Waals surface area contributed by atoms with Crippen LogP contribution in [0.3, 0.4) is 0 Å². The molecule has 0 saturated carbocycles. The van der Waals surface area contributed by atoms with Crippen molar-refractivity contribution < 1.29 is 24.9 Å². The fraction of sp³-hybridized carbons (Fsp3) is 0.720. The number of unbranched alkanes of at least 4 members (excludes halogenated alkanes) is 10. The maximum absolute atomic E-state index is 11.0. The molecule has 1 rings (SSSR count). The molecule has 8 heteroatoms. The van der Waals surface area contributed by atoms with E-state index >= 15 is 0 Å². The van der Waals surface area contributed by atoms with E-state index in [1.165, 1.54) is 75.7 Å². The second kappa shape index (κ2) is 17.6. The first kappa shape index (κ1) is 29.2. The third-order valence-corrected chi connectivity index (χ3v) is 7.03. The van der Waals surface area contributed by atoms with Crippen molar-refractivity contribution in [3.05, 3.63) is 24.0 Å². The lowest BCUT2D eigenvalue weighted by Crippen LogP contribution is -2.22. The largest absolute Gasteiger partial charge is 0.481 e. The molecule has 3 N–H and O–H groups in total.